The molecule has 0 rings (SSSR count). The van der Waals surface area contributed by atoms with Crippen molar-refractivity contribution >= 4 is 0 Å². The molecule has 0 aliphatic heterocycles. The summed E-state index contributed by atoms with van der Waals surface area (Å²) in [5, 5.41) is 0. The lowest BCUT2D eigenvalue weighted by atomic mass is 11.2. The molecule has 0 aliphatic carbocycles. The molecule has 0 aromatic rings. The maximum Gasteiger partial charge on any atom is 0.279 e. The van der Waals surface area contributed by atoms with Gasteiger partial charge < -0.3 is 0 Å². The molecule has 0 aromatic carbocycles. The van der Waals surface area contributed by atoms with Crippen molar-refractivity contribution < 1.29 is 8.78 Å². The lowest BCUT2D eigenvalue weighted by Crippen LogP contribution is -1.34. The first kappa shape index (κ1) is 3.60. The zero-order valence-electron chi connectivity index (χ0n) is 1.76. The summed E-state index contributed by atoms with van der Waals surface area (Å²) in [6.07, 6.45) is -2.33. The Morgan fingerprint density at radius 1 is 1.50 bits per heavy atom. The molecule has 0 saturated heterocycles. The van der Waals surface area contributed by atoms with Crippen LogP contribution >= 0.6 is 0 Å². The molecule has 4 heavy (non-hydrogen) atoms. The van der Waals surface area contributed by atoms with Gasteiger partial charge >= 0.3 is 0 Å². The van der Waals surface area contributed by atoms with Crippen molar-refractivity contribution in [3.05, 3.63) is 12.7 Å². The third-order valence-corrected chi connectivity index (χ3v) is 0. The van der Waals surface area contributed by atoms with Gasteiger partial charge in [-0.05, 0) is 0 Å². The third kappa shape index (κ3) is 3.60. The molecule has 2 heteroatoms. The SMILES string of the molecule is [C]=C(F)F. The summed E-state index contributed by atoms with van der Waals surface area (Å²) in [7, 11) is 0. The minimum Gasteiger partial charge on any atom is -0.173 e. The zero-order valence-corrected chi connectivity index (χ0v) is 1.76. The molecule has 0 amide bonds. The van der Waals surface area contributed by atoms with Gasteiger partial charge in [-0.15, -0.1) is 0 Å². The van der Waals surface area contributed by atoms with E-state index in [0.29, 0.717) is 0 Å². The van der Waals surface area contributed by atoms with Crippen LogP contribution < -0.4 is 0 Å². The smallest absolute Gasteiger partial charge is 0.173 e. The van der Waals surface area contributed by atoms with Crippen molar-refractivity contribution in [2.45, 2.75) is 0 Å². The second-order valence-electron chi connectivity index (χ2n) is 0.260. The predicted octanol–water partition coefficient (Wildman–Crippen LogP) is 1.08. The van der Waals surface area contributed by atoms with E-state index >= 15 is 0 Å². The molecule has 0 N–H and O–H groups in total. The highest BCUT2D eigenvalue weighted by molar-refractivity contribution is 4.50. The molecule has 22 valence electrons. The zero-order chi connectivity index (χ0) is 3.58. The van der Waals surface area contributed by atoms with Crippen molar-refractivity contribution in [1.29, 1.82) is 0 Å². The van der Waals surface area contributed by atoms with Gasteiger partial charge in [0.05, 0.1) is 6.58 Å². The lowest BCUT2D eigenvalue weighted by molar-refractivity contribution is 0.423. The fourth-order valence-electron chi connectivity index (χ4n) is 0. The molecule has 0 bridgehead atoms. The Labute approximate surface area is 22.7 Å². The molecule has 0 fully saturated rings. The van der Waals surface area contributed by atoms with Crippen LogP contribution in [-0.4, -0.2) is 0 Å². The third-order valence-electron chi connectivity index (χ3n) is 0. The maximum absolute atomic E-state index is 9.92. The lowest BCUT2D eigenvalue weighted by Gasteiger charge is -1.52. The highest BCUT2D eigenvalue weighted by atomic mass is 19.3. The fourth-order valence-corrected chi connectivity index (χ4v) is 0. The Morgan fingerprint density at radius 2 is 1.50 bits per heavy atom. The van der Waals surface area contributed by atoms with E-state index in [1.54, 1.807) is 0 Å². The van der Waals surface area contributed by atoms with Crippen LogP contribution in [0.1, 0.15) is 0 Å². The Hall–Kier alpha value is -0.400. The van der Waals surface area contributed by atoms with E-state index in [9.17, 15) is 8.78 Å². The molecule has 0 atom stereocenters. The predicted molar refractivity (Wildman–Crippen MR) is 8.97 cm³/mol. The van der Waals surface area contributed by atoms with Crippen molar-refractivity contribution in [3.8, 4) is 0 Å². The molecule has 0 unspecified atom stereocenters. The normalized spacial score (nSPS) is 6.50. The van der Waals surface area contributed by atoms with Crippen molar-refractivity contribution in [3.63, 3.8) is 0 Å². The molecule has 0 aliphatic rings. The Kier molecular flexibility index (Phi) is 0.886. The fraction of sp³-hybridized carbons (Fsp3) is 0. The molecule has 0 aromatic heterocycles. The van der Waals surface area contributed by atoms with E-state index in [2.05, 4.69) is 0 Å². The highest BCUT2D eigenvalue weighted by Gasteiger charge is 1.67. The van der Waals surface area contributed by atoms with Crippen LogP contribution in [0.3, 0.4) is 0 Å². The number of hydrogen-bond acceptors (Lipinski definition) is 0. The average molecular weight is 62.0 g/mol. The molecule has 0 nitrogen and oxygen atoms in total. The van der Waals surface area contributed by atoms with Gasteiger partial charge in [-0.1, -0.05) is 0 Å². The van der Waals surface area contributed by atoms with E-state index in [1.165, 1.54) is 0 Å². The van der Waals surface area contributed by atoms with Gasteiger partial charge in [-0.2, -0.15) is 8.78 Å². The van der Waals surface area contributed by atoms with Crippen LogP contribution in [0.5, 0.6) is 0 Å². The van der Waals surface area contributed by atoms with Crippen molar-refractivity contribution in [2.75, 3.05) is 0 Å². The van der Waals surface area contributed by atoms with Gasteiger partial charge in [-0.3, -0.25) is 0 Å². The molecular weight excluding hydrogens is 62.0 g/mol. The monoisotopic (exact) mass is 62.0 g/mol. The van der Waals surface area contributed by atoms with Crippen LogP contribution in [0.15, 0.2) is 6.08 Å². The molecule has 2 radical (unpaired) electrons. The number of halogens is 2. The minimum atomic E-state index is -2.33. The van der Waals surface area contributed by atoms with E-state index in [1.807, 2.05) is 0 Å². The summed E-state index contributed by atoms with van der Waals surface area (Å²) in [5.74, 6) is 0. The highest BCUT2D eigenvalue weighted by Crippen LogP contribution is 1.84. The number of hydrogen-bond donors (Lipinski definition) is 0. The summed E-state index contributed by atoms with van der Waals surface area (Å²) >= 11 is 0. The first-order valence-corrected chi connectivity index (χ1v) is 0.628. The van der Waals surface area contributed by atoms with Gasteiger partial charge in [0.1, 0.15) is 0 Å². The molecule has 0 spiro atoms. The van der Waals surface area contributed by atoms with Crippen molar-refractivity contribution in [2.24, 2.45) is 0 Å². The van der Waals surface area contributed by atoms with Gasteiger partial charge in [-0.25, -0.2) is 0 Å². The summed E-state index contributed by atoms with van der Waals surface area (Å²) < 4.78 is 19.8. The van der Waals surface area contributed by atoms with Gasteiger partial charge in [0.15, 0.2) is 0 Å². The van der Waals surface area contributed by atoms with Crippen LogP contribution in [0.25, 0.3) is 0 Å². The van der Waals surface area contributed by atoms with Gasteiger partial charge in [0.25, 0.3) is 6.08 Å². The topological polar surface area (TPSA) is 0 Å². The van der Waals surface area contributed by atoms with Crippen LogP contribution in [0, 0.1) is 6.58 Å². The van der Waals surface area contributed by atoms with E-state index in [-0.39, 0.29) is 0 Å². The largest absolute Gasteiger partial charge is 0.279 e. The summed E-state index contributed by atoms with van der Waals surface area (Å²) in [6, 6.07) is 0. The molecule has 0 heterocycles. The molecule has 0 saturated carbocycles. The van der Waals surface area contributed by atoms with Crippen LogP contribution in [0.4, 0.5) is 8.78 Å². The molecular formula is C2F2. The Morgan fingerprint density at radius 3 is 1.50 bits per heavy atom. The maximum atomic E-state index is 9.92. The number of rotatable bonds is 0. The second kappa shape index (κ2) is 0.985. The quantitative estimate of drug-likeness (QED) is 0.394. The minimum absolute atomic E-state index is 2.33. The van der Waals surface area contributed by atoms with E-state index in [4.69, 9.17) is 6.58 Å². The first-order valence-electron chi connectivity index (χ1n) is 0.628. The van der Waals surface area contributed by atoms with Crippen molar-refractivity contribution in [1.82, 2.24) is 0 Å². The summed E-state index contributed by atoms with van der Waals surface area (Å²) in [5.41, 5.74) is 0. The van der Waals surface area contributed by atoms with Crippen LogP contribution in [0.2, 0.25) is 0 Å². The average Bonchev–Trinajstić information content (AvgIpc) is 0.811. The van der Waals surface area contributed by atoms with E-state index < -0.39 is 6.08 Å². The van der Waals surface area contributed by atoms with Gasteiger partial charge in [0.2, 0.25) is 0 Å². The summed E-state index contributed by atoms with van der Waals surface area (Å²) in [4.78, 5) is 0. The first-order chi connectivity index (χ1) is 1.73. The standard InChI is InChI=1S/C2F2/c1-2(3)4. The van der Waals surface area contributed by atoms with Gasteiger partial charge in [0, 0.05) is 0 Å². The van der Waals surface area contributed by atoms with E-state index in [0.717, 1.165) is 0 Å². The van der Waals surface area contributed by atoms with Crippen LogP contribution in [-0.2, 0) is 0 Å². The Balaban J connectivity index is 2.80. The Bertz CT molecular complexity index is 27.0. The summed E-state index contributed by atoms with van der Waals surface area (Å²) in [6.45, 7) is 5.17. The second-order valence-corrected chi connectivity index (χ2v) is 0.260.